The Morgan fingerprint density at radius 3 is 2.76 bits per heavy atom. The highest BCUT2D eigenvalue weighted by Crippen LogP contribution is 2.31. The fraction of sp³-hybridized carbons (Fsp3) is 0.278. The topological polar surface area (TPSA) is 85.8 Å². The van der Waals surface area contributed by atoms with Crippen molar-refractivity contribution in [1.29, 1.82) is 0 Å². The van der Waals surface area contributed by atoms with Crippen LogP contribution in [0.1, 0.15) is 23.5 Å². The third-order valence-corrected chi connectivity index (χ3v) is 5.14. The molecule has 2 aromatic heterocycles. The second kappa shape index (κ2) is 6.78. The van der Waals surface area contributed by atoms with Crippen molar-refractivity contribution in [2.24, 2.45) is 11.7 Å². The van der Waals surface area contributed by atoms with Gasteiger partial charge in [0, 0.05) is 12.6 Å². The number of thiophene rings is 1. The largest absolute Gasteiger partial charge is 0.348 e. The van der Waals surface area contributed by atoms with Gasteiger partial charge in [0.2, 0.25) is 5.82 Å². The fourth-order valence-corrected chi connectivity index (χ4v) is 3.40. The first kappa shape index (κ1) is 16.0. The van der Waals surface area contributed by atoms with E-state index in [1.807, 2.05) is 47.8 Å². The third-order valence-electron chi connectivity index (χ3n) is 4.28. The zero-order chi connectivity index (χ0) is 17.2. The van der Waals surface area contributed by atoms with E-state index in [0.717, 1.165) is 23.4 Å². The molecule has 2 heterocycles. The van der Waals surface area contributed by atoms with E-state index in [9.17, 15) is 4.79 Å². The number of carbonyl (C=O) groups is 1. The molecule has 0 aliphatic heterocycles. The monoisotopic (exact) mass is 353 g/mol. The van der Waals surface area contributed by atoms with E-state index < -0.39 is 0 Å². The van der Waals surface area contributed by atoms with Crippen LogP contribution in [0.5, 0.6) is 0 Å². The summed E-state index contributed by atoms with van der Waals surface area (Å²) in [5.41, 5.74) is 6.92. The summed E-state index contributed by atoms with van der Waals surface area (Å²) in [5.74, 6) is 1.08. The Kier molecular flexibility index (Phi) is 4.33. The summed E-state index contributed by atoms with van der Waals surface area (Å²) in [6.45, 7) is 0.456. The van der Waals surface area contributed by atoms with Crippen LogP contribution in [0.3, 0.4) is 0 Å². The lowest BCUT2D eigenvalue weighted by Crippen LogP contribution is -2.38. The van der Waals surface area contributed by atoms with Crippen LogP contribution in [0.25, 0.3) is 16.4 Å². The number of carbonyl (C=O) groups excluding carboxylic acids is 1. The highest BCUT2D eigenvalue weighted by atomic mass is 32.1. The van der Waals surface area contributed by atoms with Crippen molar-refractivity contribution < 1.29 is 4.79 Å². The molecule has 0 bridgehead atoms. The standard InChI is InChI=1S/C18H19N5OS/c19-14(12-8-9-12)11-20-18(24)16-21-17(15-7-4-10-25-15)23(22-16)13-5-2-1-3-6-13/h1-7,10,12,14H,8-9,11,19H2,(H,20,24). The summed E-state index contributed by atoms with van der Waals surface area (Å²) in [4.78, 5) is 17.9. The first-order valence-corrected chi connectivity index (χ1v) is 9.20. The van der Waals surface area contributed by atoms with Gasteiger partial charge in [-0.3, -0.25) is 4.79 Å². The molecule has 0 spiro atoms. The van der Waals surface area contributed by atoms with Crippen molar-refractivity contribution in [2.45, 2.75) is 18.9 Å². The minimum absolute atomic E-state index is 0.0110. The lowest BCUT2D eigenvalue weighted by Gasteiger charge is -2.09. The molecule has 1 aliphatic rings. The van der Waals surface area contributed by atoms with Crippen molar-refractivity contribution >= 4 is 17.2 Å². The molecule has 3 N–H and O–H groups in total. The van der Waals surface area contributed by atoms with Crippen LogP contribution in [0.4, 0.5) is 0 Å². The summed E-state index contributed by atoms with van der Waals surface area (Å²) in [5, 5.41) is 9.27. The number of hydrogen-bond donors (Lipinski definition) is 2. The molecule has 3 aromatic rings. The molecule has 0 saturated heterocycles. The van der Waals surface area contributed by atoms with E-state index in [1.54, 1.807) is 16.0 Å². The molecular formula is C18H19N5OS. The minimum atomic E-state index is -0.288. The number of nitrogens with zero attached hydrogens (tertiary/aromatic N) is 3. The highest BCUT2D eigenvalue weighted by Gasteiger charge is 2.29. The van der Waals surface area contributed by atoms with Gasteiger partial charge in [0.25, 0.3) is 5.91 Å². The molecule has 1 fully saturated rings. The molecule has 25 heavy (non-hydrogen) atoms. The van der Waals surface area contributed by atoms with Crippen LogP contribution < -0.4 is 11.1 Å². The summed E-state index contributed by atoms with van der Waals surface area (Å²) in [7, 11) is 0. The molecule has 6 nitrogen and oxygen atoms in total. The number of amides is 1. The van der Waals surface area contributed by atoms with Crippen LogP contribution in [-0.4, -0.2) is 33.3 Å². The Balaban J connectivity index is 1.61. The normalized spacial score (nSPS) is 15.1. The summed E-state index contributed by atoms with van der Waals surface area (Å²) in [6, 6.07) is 13.6. The molecule has 1 aromatic carbocycles. The lowest BCUT2D eigenvalue weighted by atomic mass is 10.2. The van der Waals surface area contributed by atoms with Crippen molar-refractivity contribution in [3.8, 4) is 16.4 Å². The number of nitrogens with one attached hydrogen (secondary N) is 1. The first-order chi connectivity index (χ1) is 12.2. The maximum atomic E-state index is 12.5. The first-order valence-electron chi connectivity index (χ1n) is 8.32. The molecule has 1 saturated carbocycles. The van der Waals surface area contributed by atoms with Crippen LogP contribution in [-0.2, 0) is 0 Å². The van der Waals surface area contributed by atoms with Gasteiger partial charge >= 0.3 is 0 Å². The summed E-state index contributed by atoms with van der Waals surface area (Å²) >= 11 is 1.57. The highest BCUT2D eigenvalue weighted by molar-refractivity contribution is 7.13. The van der Waals surface area contributed by atoms with Gasteiger partial charge in [0.1, 0.15) is 0 Å². The van der Waals surface area contributed by atoms with Crippen LogP contribution in [0.15, 0.2) is 47.8 Å². The molecule has 1 atom stereocenters. The maximum Gasteiger partial charge on any atom is 0.291 e. The SMILES string of the molecule is NC(CNC(=O)c1nc(-c2cccs2)n(-c2ccccc2)n1)C1CC1. The average molecular weight is 353 g/mol. The molecule has 0 radical (unpaired) electrons. The summed E-state index contributed by atoms with van der Waals surface area (Å²) < 4.78 is 1.71. The number of benzene rings is 1. The predicted octanol–water partition coefficient (Wildman–Crippen LogP) is 2.46. The van der Waals surface area contributed by atoms with Crippen molar-refractivity contribution in [3.05, 3.63) is 53.7 Å². The Labute approximate surface area is 149 Å². The molecule has 1 unspecified atom stereocenters. The van der Waals surface area contributed by atoms with Crippen molar-refractivity contribution in [1.82, 2.24) is 20.1 Å². The minimum Gasteiger partial charge on any atom is -0.348 e. The van der Waals surface area contributed by atoms with Crippen molar-refractivity contribution in [2.75, 3.05) is 6.54 Å². The third kappa shape index (κ3) is 3.47. The fourth-order valence-electron chi connectivity index (χ4n) is 2.70. The molecule has 1 aliphatic carbocycles. The van der Waals surface area contributed by atoms with Gasteiger partial charge in [-0.25, -0.2) is 9.67 Å². The van der Waals surface area contributed by atoms with Gasteiger partial charge in [-0.15, -0.1) is 16.4 Å². The van der Waals surface area contributed by atoms with Gasteiger partial charge in [-0.2, -0.15) is 0 Å². The van der Waals surface area contributed by atoms with Crippen LogP contribution >= 0.6 is 11.3 Å². The number of hydrogen-bond acceptors (Lipinski definition) is 5. The van der Waals surface area contributed by atoms with E-state index in [2.05, 4.69) is 15.4 Å². The number of rotatable bonds is 6. The second-order valence-corrected chi connectivity index (χ2v) is 7.14. The Bertz CT molecular complexity index is 855. The number of nitrogens with two attached hydrogens (primary N) is 1. The van der Waals surface area contributed by atoms with Gasteiger partial charge in [-0.05, 0) is 42.3 Å². The molecular weight excluding hydrogens is 334 g/mol. The lowest BCUT2D eigenvalue weighted by molar-refractivity contribution is 0.0940. The maximum absolute atomic E-state index is 12.5. The van der Waals surface area contributed by atoms with E-state index >= 15 is 0 Å². The van der Waals surface area contributed by atoms with Gasteiger partial charge in [0.05, 0.1) is 10.6 Å². The van der Waals surface area contributed by atoms with Crippen LogP contribution in [0.2, 0.25) is 0 Å². The Morgan fingerprint density at radius 1 is 1.28 bits per heavy atom. The predicted molar refractivity (Wildman–Crippen MR) is 97.7 cm³/mol. The van der Waals surface area contributed by atoms with Gasteiger partial charge in [-0.1, -0.05) is 24.3 Å². The quantitative estimate of drug-likeness (QED) is 0.713. The van der Waals surface area contributed by atoms with Crippen LogP contribution in [0, 0.1) is 5.92 Å². The van der Waals surface area contributed by atoms with E-state index in [-0.39, 0.29) is 17.8 Å². The van der Waals surface area contributed by atoms with Crippen molar-refractivity contribution in [3.63, 3.8) is 0 Å². The van der Waals surface area contributed by atoms with E-state index in [0.29, 0.717) is 18.3 Å². The zero-order valence-electron chi connectivity index (χ0n) is 13.6. The average Bonchev–Trinajstić information content (AvgIpc) is 3.18. The molecule has 7 heteroatoms. The number of para-hydroxylation sites is 1. The Hall–Kier alpha value is -2.51. The van der Waals surface area contributed by atoms with Gasteiger partial charge < -0.3 is 11.1 Å². The molecule has 1 amide bonds. The second-order valence-electron chi connectivity index (χ2n) is 6.19. The Morgan fingerprint density at radius 2 is 2.08 bits per heavy atom. The molecule has 128 valence electrons. The zero-order valence-corrected chi connectivity index (χ0v) is 14.4. The molecule has 4 rings (SSSR count). The number of aromatic nitrogens is 3. The van der Waals surface area contributed by atoms with Gasteiger partial charge in [0.15, 0.2) is 5.82 Å². The smallest absolute Gasteiger partial charge is 0.291 e. The summed E-state index contributed by atoms with van der Waals surface area (Å²) in [6.07, 6.45) is 2.31. The van der Waals surface area contributed by atoms with E-state index in [4.69, 9.17) is 5.73 Å². The van der Waals surface area contributed by atoms with E-state index in [1.165, 1.54) is 0 Å².